The van der Waals surface area contributed by atoms with Gasteiger partial charge in [0.05, 0.1) is 6.61 Å². The van der Waals surface area contributed by atoms with Crippen molar-refractivity contribution in [3.8, 4) is 5.75 Å². The summed E-state index contributed by atoms with van der Waals surface area (Å²) in [6, 6.07) is 13.1. The lowest BCUT2D eigenvalue weighted by molar-refractivity contribution is 0.340. The molecule has 0 spiro atoms. The minimum Gasteiger partial charge on any atom is -0.494 e. The van der Waals surface area contributed by atoms with E-state index in [0.29, 0.717) is 29.7 Å². The summed E-state index contributed by atoms with van der Waals surface area (Å²) >= 11 is 0. The summed E-state index contributed by atoms with van der Waals surface area (Å²) in [6.07, 6.45) is 3.14. The number of rotatable bonds is 6. The highest BCUT2D eigenvalue weighted by Gasteiger charge is 2.09. The Hall–Kier alpha value is -3.35. The second-order valence-electron chi connectivity index (χ2n) is 4.91. The average Bonchev–Trinajstić information content (AvgIpc) is 2.61. The van der Waals surface area contributed by atoms with Crippen LogP contribution in [-0.2, 0) is 0 Å². The number of benzene rings is 1. The third kappa shape index (κ3) is 3.70. The molecular formula is C17H18N6O. The maximum Gasteiger partial charge on any atom is 0.160 e. The van der Waals surface area contributed by atoms with Gasteiger partial charge in [-0.2, -0.15) is 0 Å². The predicted molar refractivity (Wildman–Crippen MR) is 94.9 cm³/mol. The first-order valence-electron chi connectivity index (χ1n) is 7.54. The lowest BCUT2D eigenvalue weighted by atomic mass is 10.3. The highest BCUT2D eigenvalue weighted by molar-refractivity contribution is 5.79. The summed E-state index contributed by atoms with van der Waals surface area (Å²) < 4.78 is 5.43. The van der Waals surface area contributed by atoms with Crippen LogP contribution in [0.5, 0.6) is 5.75 Å². The van der Waals surface area contributed by atoms with Crippen LogP contribution in [0.2, 0.25) is 0 Å². The Morgan fingerprint density at radius 2 is 1.71 bits per heavy atom. The summed E-state index contributed by atoms with van der Waals surface area (Å²) in [5.74, 6) is 2.50. The van der Waals surface area contributed by atoms with Gasteiger partial charge in [0.25, 0.3) is 0 Å². The average molecular weight is 322 g/mol. The number of aromatic nitrogens is 3. The molecule has 0 saturated heterocycles. The molecule has 0 atom stereocenters. The number of anilines is 5. The number of hydrogen-bond acceptors (Lipinski definition) is 7. The lowest BCUT2D eigenvalue weighted by Crippen LogP contribution is -2.05. The fourth-order valence-electron chi connectivity index (χ4n) is 2.09. The van der Waals surface area contributed by atoms with Crippen LogP contribution in [-0.4, -0.2) is 21.6 Å². The van der Waals surface area contributed by atoms with E-state index in [1.165, 1.54) is 6.33 Å². The first kappa shape index (κ1) is 15.5. The van der Waals surface area contributed by atoms with Gasteiger partial charge in [-0.05, 0) is 43.3 Å². The molecule has 0 bridgehead atoms. The zero-order chi connectivity index (χ0) is 16.8. The number of nitrogens with two attached hydrogens (primary N) is 1. The first-order chi connectivity index (χ1) is 11.8. The van der Waals surface area contributed by atoms with Crippen molar-refractivity contribution in [3.63, 3.8) is 0 Å². The number of hydrogen-bond donors (Lipinski definition) is 3. The summed E-state index contributed by atoms with van der Waals surface area (Å²) in [5.41, 5.74) is 7.42. The van der Waals surface area contributed by atoms with Gasteiger partial charge in [-0.3, -0.25) is 0 Å². The first-order valence-corrected chi connectivity index (χ1v) is 7.54. The molecule has 24 heavy (non-hydrogen) atoms. The Kier molecular flexibility index (Phi) is 4.71. The second-order valence-corrected chi connectivity index (χ2v) is 4.91. The van der Waals surface area contributed by atoms with Crippen molar-refractivity contribution in [1.82, 2.24) is 15.0 Å². The molecule has 0 amide bonds. The summed E-state index contributed by atoms with van der Waals surface area (Å²) in [5, 5.41) is 6.25. The van der Waals surface area contributed by atoms with Gasteiger partial charge < -0.3 is 21.1 Å². The molecule has 0 aliphatic rings. The molecule has 4 N–H and O–H groups in total. The van der Waals surface area contributed by atoms with Crippen LogP contribution in [0.1, 0.15) is 6.92 Å². The van der Waals surface area contributed by atoms with Crippen molar-refractivity contribution in [2.24, 2.45) is 0 Å². The Morgan fingerprint density at radius 3 is 2.38 bits per heavy atom. The van der Waals surface area contributed by atoms with Crippen molar-refractivity contribution in [2.45, 2.75) is 6.92 Å². The molecule has 2 aromatic heterocycles. The Bertz CT molecular complexity index is 792. The van der Waals surface area contributed by atoms with Crippen LogP contribution in [0, 0.1) is 0 Å². The van der Waals surface area contributed by atoms with E-state index >= 15 is 0 Å². The molecule has 0 fully saturated rings. The Labute approximate surface area is 139 Å². The number of pyridine rings is 1. The third-order valence-corrected chi connectivity index (χ3v) is 3.22. The predicted octanol–water partition coefficient (Wildman–Crippen LogP) is 3.34. The fraction of sp³-hybridized carbons (Fsp3) is 0.118. The molecule has 0 saturated carbocycles. The van der Waals surface area contributed by atoms with E-state index in [9.17, 15) is 0 Å². The lowest BCUT2D eigenvalue weighted by Gasteiger charge is -2.12. The molecule has 122 valence electrons. The van der Waals surface area contributed by atoms with Crippen LogP contribution >= 0.6 is 0 Å². The van der Waals surface area contributed by atoms with Crippen LogP contribution in [0.3, 0.4) is 0 Å². The van der Waals surface area contributed by atoms with Crippen molar-refractivity contribution in [1.29, 1.82) is 0 Å². The molecule has 0 aliphatic carbocycles. The zero-order valence-electron chi connectivity index (χ0n) is 13.2. The van der Waals surface area contributed by atoms with E-state index < -0.39 is 0 Å². The number of nitrogens with one attached hydrogen (secondary N) is 2. The number of nitrogens with zero attached hydrogens (tertiary/aromatic N) is 3. The fourth-order valence-corrected chi connectivity index (χ4v) is 2.09. The molecule has 1 aromatic carbocycles. The highest BCUT2D eigenvalue weighted by atomic mass is 16.5. The molecule has 7 heteroatoms. The molecule has 0 aliphatic heterocycles. The molecule has 0 unspecified atom stereocenters. The van der Waals surface area contributed by atoms with Gasteiger partial charge in [-0.15, -0.1) is 0 Å². The Morgan fingerprint density at radius 1 is 0.958 bits per heavy atom. The van der Waals surface area contributed by atoms with Gasteiger partial charge >= 0.3 is 0 Å². The van der Waals surface area contributed by atoms with E-state index in [2.05, 4.69) is 25.6 Å². The van der Waals surface area contributed by atoms with E-state index in [1.807, 2.05) is 49.4 Å². The quantitative estimate of drug-likeness (QED) is 0.640. The number of nitrogen functional groups attached to an aromatic ring is 1. The van der Waals surface area contributed by atoms with Gasteiger partial charge in [-0.25, -0.2) is 15.0 Å². The summed E-state index contributed by atoms with van der Waals surface area (Å²) in [4.78, 5) is 12.6. The molecule has 7 nitrogen and oxygen atoms in total. The van der Waals surface area contributed by atoms with E-state index in [4.69, 9.17) is 10.5 Å². The van der Waals surface area contributed by atoms with Crippen LogP contribution in [0.15, 0.2) is 55.0 Å². The monoisotopic (exact) mass is 322 g/mol. The van der Waals surface area contributed by atoms with Crippen molar-refractivity contribution >= 4 is 28.8 Å². The van der Waals surface area contributed by atoms with E-state index in [1.54, 1.807) is 6.20 Å². The molecule has 3 rings (SSSR count). The number of ether oxygens (including phenoxy) is 1. The zero-order valence-corrected chi connectivity index (χ0v) is 13.2. The molecule has 0 radical (unpaired) electrons. The van der Waals surface area contributed by atoms with E-state index in [-0.39, 0.29) is 0 Å². The second kappa shape index (κ2) is 7.28. The summed E-state index contributed by atoms with van der Waals surface area (Å²) in [7, 11) is 0. The third-order valence-electron chi connectivity index (χ3n) is 3.22. The van der Waals surface area contributed by atoms with Crippen LogP contribution in [0.25, 0.3) is 0 Å². The van der Waals surface area contributed by atoms with Gasteiger partial charge in [0, 0.05) is 11.9 Å². The standard InChI is InChI=1S/C17H18N6O/c1-2-24-13-8-6-12(7-9-13)22-16-15(18)17(21-11-20-16)23-14-5-3-4-10-19-14/h3-11H,2,18H2,1H3,(H2,19,20,21,22,23). The van der Waals surface area contributed by atoms with Gasteiger partial charge in [0.1, 0.15) is 23.6 Å². The van der Waals surface area contributed by atoms with Crippen molar-refractivity contribution in [2.75, 3.05) is 23.0 Å². The van der Waals surface area contributed by atoms with Crippen molar-refractivity contribution < 1.29 is 4.74 Å². The van der Waals surface area contributed by atoms with Crippen molar-refractivity contribution in [3.05, 3.63) is 55.0 Å². The topological polar surface area (TPSA) is 98.0 Å². The minimum atomic E-state index is 0.414. The largest absolute Gasteiger partial charge is 0.494 e. The van der Waals surface area contributed by atoms with Gasteiger partial charge in [0.2, 0.25) is 0 Å². The van der Waals surface area contributed by atoms with Gasteiger partial charge in [0.15, 0.2) is 11.6 Å². The molecule has 2 heterocycles. The molecular weight excluding hydrogens is 304 g/mol. The normalized spacial score (nSPS) is 10.2. The van der Waals surface area contributed by atoms with Crippen LogP contribution < -0.4 is 21.1 Å². The maximum atomic E-state index is 6.15. The summed E-state index contributed by atoms with van der Waals surface area (Å²) in [6.45, 7) is 2.58. The SMILES string of the molecule is CCOc1ccc(Nc2ncnc(Nc3ccccn3)c2N)cc1. The van der Waals surface area contributed by atoms with E-state index in [0.717, 1.165) is 11.4 Å². The maximum absolute atomic E-state index is 6.15. The minimum absolute atomic E-state index is 0.414. The Balaban J connectivity index is 1.77. The van der Waals surface area contributed by atoms with Crippen LogP contribution in [0.4, 0.5) is 28.8 Å². The molecule has 3 aromatic rings. The van der Waals surface area contributed by atoms with Gasteiger partial charge in [-0.1, -0.05) is 6.07 Å². The smallest absolute Gasteiger partial charge is 0.160 e. The highest BCUT2D eigenvalue weighted by Crippen LogP contribution is 2.28.